The Morgan fingerprint density at radius 2 is 1.10 bits per heavy atom. The fourth-order valence-electron chi connectivity index (χ4n) is 3.28. The van der Waals surface area contributed by atoms with Crippen LogP contribution in [-0.4, -0.2) is 91.8 Å². The molecule has 0 saturated carbocycles. The van der Waals surface area contributed by atoms with Crippen LogP contribution >= 0.6 is 15.9 Å². The topological polar surface area (TPSA) is 83.5 Å². The van der Waals surface area contributed by atoms with Gasteiger partial charge in [-0.1, -0.05) is 53.0 Å². The van der Waals surface area contributed by atoms with Crippen molar-refractivity contribution >= 4 is 90.9 Å². The summed E-state index contributed by atoms with van der Waals surface area (Å²) in [6.45, 7) is 0.536. The molecule has 2 aliphatic heterocycles. The number of alkyl halides is 1. The summed E-state index contributed by atoms with van der Waals surface area (Å²) < 4.78 is 0. The summed E-state index contributed by atoms with van der Waals surface area (Å²) in [6, 6.07) is 13.8. The van der Waals surface area contributed by atoms with E-state index in [2.05, 4.69) is 21.2 Å². The van der Waals surface area contributed by atoms with Crippen molar-refractivity contribution in [3.63, 3.8) is 0 Å². The number of amides is 4. The number of benzene rings is 2. The van der Waals surface area contributed by atoms with Crippen molar-refractivity contribution in [3.8, 4) is 0 Å². The van der Waals surface area contributed by atoms with Crippen LogP contribution in [0.25, 0.3) is 0 Å². The van der Waals surface area contributed by atoms with E-state index in [0.717, 1.165) is 31.0 Å². The van der Waals surface area contributed by atoms with Gasteiger partial charge in [0.15, 0.2) is 0 Å². The van der Waals surface area contributed by atoms with E-state index in [1.165, 1.54) is 4.90 Å². The molecule has 8 heteroatoms. The second-order valence-corrected chi connectivity index (χ2v) is 7.53. The molecule has 0 unspecified atom stereocenters. The summed E-state index contributed by atoms with van der Waals surface area (Å²) in [4.78, 5) is 47.3. The van der Waals surface area contributed by atoms with Gasteiger partial charge in [-0.15, -0.1) is 0 Å². The van der Waals surface area contributed by atoms with Gasteiger partial charge in [0.1, 0.15) is 0 Å². The number of fused-ring (bicyclic) bond motifs is 2. The van der Waals surface area contributed by atoms with Gasteiger partial charge < -0.3 is 0 Å². The summed E-state index contributed by atoms with van der Waals surface area (Å²) in [5.41, 5.74) is 2.03. The van der Waals surface area contributed by atoms with E-state index < -0.39 is 0 Å². The standard InChI is InChI=1S/C14H16BrNO2.C8H5NO2.K.H/c15-9-5-1-2-6-10-16-13(17)11-7-3-4-8-12(11)14(16)18;10-7-5-3-1-2-4-6(5)8(11)9-7;;/h3-4,7-8H,1-2,5-6,9-10H2;1-4H,(H,9,10,11);;. The third-order valence-electron chi connectivity index (χ3n) is 4.79. The van der Waals surface area contributed by atoms with Gasteiger partial charge in [-0.2, -0.15) is 0 Å². The Hall–Kier alpha value is -1.16. The molecule has 0 radical (unpaired) electrons. The van der Waals surface area contributed by atoms with E-state index in [9.17, 15) is 19.2 Å². The fourth-order valence-corrected chi connectivity index (χ4v) is 3.67. The predicted octanol–water partition coefficient (Wildman–Crippen LogP) is 3.16. The van der Waals surface area contributed by atoms with Crippen molar-refractivity contribution < 1.29 is 19.2 Å². The molecule has 0 aromatic heterocycles. The van der Waals surface area contributed by atoms with Crippen LogP contribution < -0.4 is 5.32 Å². The molecule has 2 aromatic rings. The van der Waals surface area contributed by atoms with Crippen molar-refractivity contribution in [3.05, 3.63) is 70.8 Å². The molecule has 6 nitrogen and oxygen atoms in total. The van der Waals surface area contributed by atoms with Crippen LogP contribution in [0.15, 0.2) is 48.5 Å². The molecule has 4 rings (SSSR count). The van der Waals surface area contributed by atoms with Crippen LogP contribution in [0.3, 0.4) is 0 Å². The first-order valence-electron chi connectivity index (χ1n) is 9.50. The Morgan fingerprint density at radius 1 is 0.667 bits per heavy atom. The average Bonchev–Trinajstić information content (AvgIpc) is 3.17. The van der Waals surface area contributed by atoms with E-state index in [1.807, 2.05) is 0 Å². The molecule has 2 aromatic carbocycles. The van der Waals surface area contributed by atoms with Crippen LogP contribution in [0.5, 0.6) is 0 Å². The van der Waals surface area contributed by atoms with E-state index in [1.54, 1.807) is 48.5 Å². The van der Waals surface area contributed by atoms with Crippen LogP contribution in [0.2, 0.25) is 0 Å². The first kappa shape index (κ1) is 25.1. The third-order valence-corrected chi connectivity index (χ3v) is 5.35. The maximum atomic E-state index is 12.0. The van der Waals surface area contributed by atoms with Gasteiger partial charge in [0.25, 0.3) is 23.6 Å². The zero-order valence-corrected chi connectivity index (χ0v) is 17.4. The number of rotatable bonds is 6. The number of nitrogens with one attached hydrogen (secondary N) is 1. The minimum absolute atomic E-state index is 0. The monoisotopic (exact) mass is 496 g/mol. The van der Waals surface area contributed by atoms with Gasteiger partial charge in [-0.25, -0.2) is 0 Å². The van der Waals surface area contributed by atoms with E-state index in [-0.39, 0.29) is 75.0 Å². The molecule has 30 heavy (non-hydrogen) atoms. The molecule has 0 atom stereocenters. The van der Waals surface area contributed by atoms with Crippen molar-refractivity contribution in [2.45, 2.75) is 25.7 Å². The molecule has 0 spiro atoms. The predicted molar refractivity (Wildman–Crippen MR) is 119 cm³/mol. The number of imide groups is 2. The number of unbranched alkanes of at least 4 members (excludes halogenated alkanes) is 3. The molecule has 2 heterocycles. The fraction of sp³-hybridized carbons (Fsp3) is 0.273. The Morgan fingerprint density at radius 3 is 1.57 bits per heavy atom. The number of halogens is 1. The van der Waals surface area contributed by atoms with E-state index in [0.29, 0.717) is 28.8 Å². The van der Waals surface area contributed by atoms with Gasteiger partial charge >= 0.3 is 51.4 Å². The van der Waals surface area contributed by atoms with Crippen molar-refractivity contribution in [1.29, 1.82) is 0 Å². The summed E-state index contributed by atoms with van der Waals surface area (Å²) in [6.07, 6.45) is 4.22. The van der Waals surface area contributed by atoms with Crippen LogP contribution in [0, 0.1) is 0 Å². The molecule has 1 N–H and O–H groups in total. The Labute approximate surface area is 226 Å². The summed E-state index contributed by atoms with van der Waals surface area (Å²) >= 11 is 3.39. The number of carbonyl (C=O) groups excluding carboxylic acids is 4. The summed E-state index contributed by atoms with van der Waals surface area (Å²) in [5.74, 6) is -0.886. The minimum atomic E-state index is -0.300. The Bertz CT molecular complexity index is 896. The first-order valence-corrected chi connectivity index (χ1v) is 10.6. The molecular weight excluding hydrogens is 475 g/mol. The second-order valence-electron chi connectivity index (χ2n) is 6.74. The Balaban J connectivity index is 0.000000229. The van der Waals surface area contributed by atoms with E-state index in [4.69, 9.17) is 0 Å². The Kier molecular flexibility index (Phi) is 10.1. The summed E-state index contributed by atoms with van der Waals surface area (Å²) in [7, 11) is 0. The number of hydrogen-bond acceptors (Lipinski definition) is 4. The molecule has 4 amide bonds. The number of hydrogen-bond donors (Lipinski definition) is 1. The van der Waals surface area contributed by atoms with Crippen molar-refractivity contribution in [1.82, 2.24) is 10.2 Å². The van der Waals surface area contributed by atoms with Gasteiger partial charge in [0.2, 0.25) is 0 Å². The maximum absolute atomic E-state index is 12.0. The SMILES string of the molecule is O=C1NC(=O)c2ccccc21.O=C1c2ccccc2C(=O)N1CCCCCCBr.[KH]. The normalized spacial score (nSPS) is 13.8. The zero-order chi connectivity index (χ0) is 20.8. The van der Waals surface area contributed by atoms with Crippen molar-refractivity contribution in [2.75, 3.05) is 11.9 Å². The number of nitrogens with zero attached hydrogens (tertiary/aromatic N) is 1. The molecule has 0 fully saturated rings. The van der Waals surface area contributed by atoms with Crippen LogP contribution in [0.4, 0.5) is 0 Å². The third kappa shape index (κ3) is 5.75. The molecule has 152 valence electrons. The molecule has 0 aliphatic carbocycles. The zero-order valence-electron chi connectivity index (χ0n) is 15.8. The van der Waals surface area contributed by atoms with Gasteiger partial charge in [0.05, 0.1) is 22.3 Å². The first-order chi connectivity index (χ1) is 14.0. The van der Waals surface area contributed by atoms with Gasteiger partial charge in [0, 0.05) is 11.9 Å². The van der Waals surface area contributed by atoms with Crippen molar-refractivity contribution in [2.24, 2.45) is 0 Å². The van der Waals surface area contributed by atoms with E-state index >= 15 is 0 Å². The number of carbonyl (C=O) groups is 4. The van der Waals surface area contributed by atoms with Crippen LogP contribution in [-0.2, 0) is 0 Å². The molecular formula is C22H22BrKN2O4. The second kappa shape index (κ2) is 12.0. The average molecular weight is 497 g/mol. The molecule has 2 aliphatic rings. The van der Waals surface area contributed by atoms with Crippen LogP contribution in [0.1, 0.15) is 67.1 Å². The van der Waals surface area contributed by atoms with Gasteiger partial charge in [-0.05, 0) is 37.1 Å². The molecule has 0 bridgehead atoms. The van der Waals surface area contributed by atoms with Gasteiger partial charge in [-0.3, -0.25) is 29.4 Å². The quantitative estimate of drug-likeness (QED) is 0.288. The molecule has 0 saturated heterocycles. The summed E-state index contributed by atoms with van der Waals surface area (Å²) in [5, 5.41) is 3.22.